The lowest BCUT2D eigenvalue weighted by molar-refractivity contribution is 0.0302. The Bertz CT molecular complexity index is 961. The van der Waals surface area contributed by atoms with Gasteiger partial charge in [0.1, 0.15) is 11.9 Å². The van der Waals surface area contributed by atoms with Gasteiger partial charge in [-0.25, -0.2) is 4.98 Å². The molecule has 0 amide bonds. The van der Waals surface area contributed by atoms with Gasteiger partial charge >= 0.3 is 0 Å². The standard InChI is InChI=1S/C25H27N3O/c1-24(2)17-10-11-25(24,3)23(14-17)29-18-15-21(19-8-4-6-12-26-19)28-22(16-18)20-9-5-7-13-27-20/h4-9,12-13,15-17,23H,10-11,14H2,1-3H3/t17?,23-,25-/m1/s1. The first-order valence-corrected chi connectivity index (χ1v) is 10.5. The van der Waals surface area contributed by atoms with Crippen LogP contribution in [0, 0.1) is 16.7 Å². The van der Waals surface area contributed by atoms with Crippen LogP contribution < -0.4 is 4.74 Å². The van der Waals surface area contributed by atoms with Crippen LogP contribution in [-0.4, -0.2) is 21.1 Å². The summed E-state index contributed by atoms with van der Waals surface area (Å²) in [5.41, 5.74) is 3.84. The Hall–Kier alpha value is -2.75. The van der Waals surface area contributed by atoms with Crippen molar-refractivity contribution in [2.45, 2.75) is 46.1 Å². The molecule has 3 heterocycles. The van der Waals surface area contributed by atoms with Crippen molar-refractivity contribution in [3.8, 4) is 28.5 Å². The maximum atomic E-state index is 6.68. The van der Waals surface area contributed by atoms with Crippen LogP contribution in [0.4, 0.5) is 0 Å². The smallest absolute Gasteiger partial charge is 0.124 e. The van der Waals surface area contributed by atoms with Gasteiger partial charge in [0.25, 0.3) is 0 Å². The van der Waals surface area contributed by atoms with Gasteiger partial charge in [0, 0.05) is 29.9 Å². The molecule has 2 saturated carbocycles. The lowest BCUT2D eigenvalue weighted by atomic mass is 9.70. The lowest BCUT2D eigenvalue weighted by Crippen LogP contribution is -2.38. The molecule has 1 unspecified atom stereocenters. The predicted octanol–water partition coefficient (Wildman–Crippen LogP) is 5.80. The molecular weight excluding hydrogens is 358 g/mol. The molecule has 0 aromatic carbocycles. The highest BCUT2D eigenvalue weighted by Gasteiger charge is 2.62. The highest BCUT2D eigenvalue weighted by atomic mass is 16.5. The van der Waals surface area contributed by atoms with Gasteiger partial charge in [-0.05, 0) is 54.9 Å². The minimum Gasteiger partial charge on any atom is -0.490 e. The predicted molar refractivity (Wildman–Crippen MR) is 114 cm³/mol. The van der Waals surface area contributed by atoms with Gasteiger partial charge in [-0.1, -0.05) is 32.9 Å². The minimum atomic E-state index is 0.206. The maximum absolute atomic E-state index is 6.68. The average Bonchev–Trinajstić information content (AvgIpc) is 3.08. The second kappa shape index (κ2) is 6.65. The van der Waals surface area contributed by atoms with Crippen LogP contribution >= 0.6 is 0 Å². The van der Waals surface area contributed by atoms with Crippen LogP contribution in [0.5, 0.6) is 5.75 Å². The van der Waals surface area contributed by atoms with E-state index in [1.807, 2.05) is 48.5 Å². The number of hydrogen-bond acceptors (Lipinski definition) is 4. The average molecular weight is 386 g/mol. The van der Waals surface area contributed by atoms with Crippen LogP contribution in [0.1, 0.15) is 40.0 Å². The van der Waals surface area contributed by atoms with E-state index in [2.05, 4.69) is 30.7 Å². The molecule has 2 aliphatic rings. The van der Waals surface area contributed by atoms with Gasteiger partial charge in [0.15, 0.2) is 0 Å². The molecule has 29 heavy (non-hydrogen) atoms. The second-order valence-corrected chi connectivity index (χ2v) is 9.22. The van der Waals surface area contributed by atoms with Gasteiger partial charge in [0.2, 0.25) is 0 Å². The first-order valence-electron chi connectivity index (χ1n) is 10.5. The summed E-state index contributed by atoms with van der Waals surface area (Å²) in [5.74, 6) is 1.60. The number of ether oxygens (including phenoxy) is 1. The highest BCUT2D eigenvalue weighted by molar-refractivity contribution is 5.64. The largest absolute Gasteiger partial charge is 0.490 e. The van der Waals surface area contributed by atoms with E-state index >= 15 is 0 Å². The summed E-state index contributed by atoms with van der Waals surface area (Å²) in [6, 6.07) is 15.8. The maximum Gasteiger partial charge on any atom is 0.124 e. The third kappa shape index (κ3) is 2.93. The lowest BCUT2D eigenvalue weighted by Gasteiger charge is -2.39. The van der Waals surface area contributed by atoms with Gasteiger partial charge in [0.05, 0.1) is 22.8 Å². The highest BCUT2D eigenvalue weighted by Crippen LogP contribution is 2.66. The fourth-order valence-electron chi connectivity index (χ4n) is 5.34. The van der Waals surface area contributed by atoms with E-state index in [9.17, 15) is 0 Å². The molecule has 3 atom stereocenters. The second-order valence-electron chi connectivity index (χ2n) is 9.22. The Kier molecular flexibility index (Phi) is 4.19. The molecule has 0 aliphatic heterocycles. The van der Waals surface area contributed by atoms with Crippen LogP contribution in [-0.2, 0) is 0 Å². The summed E-state index contributed by atoms with van der Waals surface area (Å²) >= 11 is 0. The molecule has 0 saturated heterocycles. The molecule has 3 aromatic rings. The van der Waals surface area contributed by atoms with Crippen molar-refractivity contribution < 1.29 is 4.74 Å². The molecule has 2 fully saturated rings. The molecule has 4 nitrogen and oxygen atoms in total. The van der Waals surface area contributed by atoms with Crippen LogP contribution in [0.15, 0.2) is 60.9 Å². The number of rotatable bonds is 4. The molecule has 5 rings (SSSR count). The topological polar surface area (TPSA) is 47.9 Å². The molecular formula is C25H27N3O. The van der Waals surface area contributed by atoms with Crippen molar-refractivity contribution in [3.05, 3.63) is 60.9 Å². The molecule has 2 aliphatic carbocycles. The first kappa shape index (κ1) is 18.3. The molecule has 148 valence electrons. The molecule has 0 radical (unpaired) electrons. The van der Waals surface area contributed by atoms with Crippen molar-refractivity contribution in [1.29, 1.82) is 0 Å². The third-order valence-corrected chi connectivity index (χ3v) is 7.65. The number of hydrogen-bond donors (Lipinski definition) is 0. The first-order chi connectivity index (χ1) is 14.0. The molecule has 0 N–H and O–H groups in total. The molecule has 3 aromatic heterocycles. The zero-order valence-electron chi connectivity index (χ0n) is 17.3. The van der Waals surface area contributed by atoms with E-state index in [1.165, 1.54) is 12.8 Å². The van der Waals surface area contributed by atoms with E-state index < -0.39 is 0 Å². The zero-order chi connectivity index (χ0) is 20.1. The summed E-state index contributed by atoms with van der Waals surface area (Å²) in [6.45, 7) is 7.24. The Morgan fingerprint density at radius 1 is 0.862 bits per heavy atom. The zero-order valence-corrected chi connectivity index (χ0v) is 17.3. The van der Waals surface area contributed by atoms with Gasteiger partial charge in [-0.2, -0.15) is 0 Å². The number of fused-ring (bicyclic) bond motifs is 2. The molecule has 4 heteroatoms. The minimum absolute atomic E-state index is 0.206. The van der Waals surface area contributed by atoms with Crippen molar-refractivity contribution in [2.75, 3.05) is 0 Å². The normalized spacial score (nSPS) is 27.1. The Balaban J connectivity index is 1.55. The van der Waals surface area contributed by atoms with Gasteiger partial charge in [-0.15, -0.1) is 0 Å². The third-order valence-electron chi connectivity index (χ3n) is 7.65. The summed E-state index contributed by atoms with van der Waals surface area (Å²) < 4.78 is 6.68. The van der Waals surface area contributed by atoms with Crippen LogP contribution in [0.25, 0.3) is 22.8 Å². The van der Waals surface area contributed by atoms with Crippen molar-refractivity contribution in [1.82, 2.24) is 15.0 Å². The van der Waals surface area contributed by atoms with E-state index in [0.717, 1.165) is 40.9 Å². The monoisotopic (exact) mass is 385 g/mol. The van der Waals surface area contributed by atoms with Crippen LogP contribution in [0.2, 0.25) is 0 Å². The summed E-state index contributed by atoms with van der Waals surface area (Å²) in [6.07, 6.45) is 7.50. The summed E-state index contributed by atoms with van der Waals surface area (Å²) in [4.78, 5) is 13.8. The SMILES string of the molecule is CC1(C)C2CC[C@]1(C)[C@H](Oc1cc(-c3ccccn3)nc(-c3ccccn3)c1)C2. The Morgan fingerprint density at radius 3 is 1.93 bits per heavy atom. The number of pyridine rings is 3. The van der Waals surface area contributed by atoms with E-state index in [4.69, 9.17) is 9.72 Å². The van der Waals surface area contributed by atoms with Crippen LogP contribution in [0.3, 0.4) is 0 Å². The van der Waals surface area contributed by atoms with E-state index in [-0.39, 0.29) is 11.5 Å². The van der Waals surface area contributed by atoms with Crippen molar-refractivity contribution >= 4 is 0 Å². The number of nitrogens with zero attached hydrogens (tertiary/aromatic N) is 3. The fraction of sp³-hybridized carbons (Fsp3) is 0.400. The molecule has 2 bridgehead atoms. The summed E-state index contributed by atoms with van der Waals surface area (Å²) in [7, 11) is 0. The number of aromatic nitrogens is 3. The van der Waals surface area contributed by atoms with Gasteiger partial charge in [-0.3, -0.25) is 9.97 Å². The van der Waals surface area contributed by atoms with Gasteiger partial charge < -0.3 is 4.74 Å². The fourth-order valence-corrected chi connectivity index (χ4v) is 5.34. The van der Waals surface area contributed by atoms with Crippen molar-refractivity contribution in [2.24, 2.45) is 16.7 Å². The molecule has 0 spiro atoms. The Morgan fingerprint density at radius 2 is 1.48 bits per heavy atom. The van der Waals surface area contributed by atoms with E-state index in [1.54, 1.807) is 12.4 Å². The Labute approximate surface area is 172 Å². The summed E-state index contributed by atoms with van der Waals surface area (Å²) in [5, 5.41) is 0. The quantitative estimate of drug-likeness (QED) is 0.569. The van der Waals surface area contributed by atoms with E-state index in [0.29, 0.717) is 5.41 Å². The van der Waals surface area contributed by atoms with Crippen molar-refractivity contribution in [3.63, 3.8) is 0 Å².